The number of benzene rings is 1. The Labute approximate surface area is 106 Å². The second kappa shape index (κ2) is 5.53. The SMILES string of the molecule is CCCOc1ccc2nc(NC(=O)CC)[nH]c2c1. The van der Waals surface area contributed by atoms with E-state index < -0.39 is 0 Å². The Morgan fingerprint density at radius 3 is 3.00 bits per heavy atom. The number of hydrogen-bond acceptors (Lipinski definition) is 3. The average Bonchev–Trinajstić information content (AvgIpc) is 2.77. The van der Waals surface area contributed by atoms with Gasteiger partial charge in [0, 0.05) is 12.5 Å². The van der Waals surface area contributed by atoms with E-state index in [1.165, 1.54) is 0 Å². The minimum Gasteiger partial charge on any atom is -0.494 e. The van der Waals surface area contributed by atoms with Crippen LogP contribution in [0.1, 0.15) is 26.7 Å². The van der Waals surface area contributed by atoms with Gasteiger partial charge in [-0.25, -0.2) is 4.98 Å². The number of fused-ring (bicyclic) bond motifs is 1. The van der Waals surface area contributed by atoms with Gasteiger partial charge in [0.1, 0.15) is 5.75 Å². The molecular formula is C13H17N3O2. The van der Waals surface area contributed by atoms with E-state index in [1.54, 1.807) is 6.92 Å². The summed E-state index contributed by atoms with van der Waals surface area (Å²) in [4.78, 5) is 18.6. The third kappa shape index (κ3) is 2.80. The molecule has 0 fully saturated rings. The minimum atomic E-state index is -0.0588. The molecule has 1 aromatic heterocycles. The molecule has 0 spiro atoms. The number of imidazole rings is 1. The van der Waals surface area contributed by atoms with Gasteiger partial charge in [0.05, 0.1) is 17.6 Å². The predicted molar refractivity (Wildman–Crippen MR) is 70.8 cm³/mol. The quantitative estimate of drug-likeness (QED) is 0.853. The molecule has 5 nitrogen and oxygen atoms in total. The number of carbonyl (C=O) groups excluding carboxylic acids is 1. The van der Waals surface area contributed by atoms with Gasteiger partial charge in [-0.3, -0.25) is 10.1 Å². The second-order valence-electron chi connectivity index (χ2n) is 4.01. The zero-order chi connectivity index (χ0) is 13.0. The molecule has 0 aliphatic carbocycles. The summed E-state index contributed by atoms with van der Waals surface area (Å²) in [6, 6.07) is 5.64. The van der Waals surface area contributed by atoms with Crippen molar-refractivity contribution in [2.45, 2.75) is 26.7 Å². The molecule has 2 N–H and O–H groups in total. The zero-order valence-corrected chi connectivity index (χ0v) is 10.6. The van der Waals surface area contributed by atoms with Gasteiger partial charge >= 0.3 is 0 Å². The van der Waals surface area contributed by atoms with Crippen molar-refractivity contribution >= 4 is 22.9 Å². The summed E-state index contributed by atoms with van der Waals surface area (Å²) in [6.45, 7) is 4.56. The minimum absolute atomic E-state index is 0.0588. The summed E-state index contributed by atoms with van der Waals surface area (Å²) in [5.41, 5.74) is 1.67. The topological polar surface area (TPSA) is 67.0 Å². The van der Waals surface area contributed by atoms with Crippen LogP contribution in [-0.2, 0) is 4.79 Å². The van der Waals surface area contributed by atoms with Crippen LogP contribution in [0.2, 0.25) is 0 Å². The fourth-order valence-corrected chi connectivity index (χ4v) is 1.58. The van der Waals surface area contributed by atoms with E-state index in [0.717, 1.165) is 23.2 Å². The number of nitrogens with zero attached hydrogens (tertiary/aromatic N) is 1. The summed E-state index contributed by atoms with van der Waals surface area (Å²) in [5.74, 6) is 1.22. The molecule has 1 amide bonds. The molecule has 1 heterocycles. The Bertz CT molecular complexity index is 548. The summed E-state index contributed by atoms with van der Waals surface area (Å²) in [5, 5.41) is 2.70. The van der Waals surface area contributed by atoms with E-state index in [4.69, 9.17) is 4.74 Å². The molecule has 2 aromatic rings. The molecule has 2 rings (SSSR count). The van der Waals surface area contributed by atoms with Crippen molar-refractivity contribution in [3.8, 4) is 5.75 Å². The summed E-state index contributed by atoms with van der Waals surface area (Å²) < 4.78 is 5.54. The predicted octanol–water partition coefficient (Wildman–Crippen LogP) is 2.70. The lowest BCUT2D eigenvalue weighted by atomic mass is 10.3. The third-order valence-electron chi connectivity index (χ3n) is 2.51. The maximum Gasteiger partial charge on any atom is 0.226 e. The Balaban J connectivity index is 2.19. The zero-order valence-electron chi connectivity index (χ0n) is 10.6. The first-order valence-corrected chi connectivity index (χ1v) is 6.15. The molecular weight excluding hydrogens is 230 g/mol. The van der Waals surface area contributed by atoms with Crippen LogP contribution in [0.5, 0.6) is 5.75 Å². The lowest BCUT2D eigenvalue weighted by Crippen LogP contribution is -2.10. The fraction of sp³-hybridized carbons (Fsp3) is 0.385. The van der Waals surface area contributed by atoms with Crippen LogP contribution in [0.25, 0.3) is 11.0 Å². The highest BCUT2D eigenvalue weighted by atomic mass is 16.5. The Morgan fingerprint density at radius 1 is 1.44 bits per heavy atom. The smallest absolute Gasteiger partial charge is 0.226 e. The molecule has 96 valence electrons. The molecule has 0 radical (unpaired) electrons. The standard InChI is InChI=1S/C13H17N3O2/c1-3-7-18-9-5-6-10-11(8-9)15-13(14-10)16-12(17)4-2/h5-6,8H,3-4,7H2,1-2H3,(H2,14,15,16,17). The largest absolute Gasteiger partial charge is 0.494 e. The number of anilines is 1. The van der Waals surface area contributed by atoms with E-state index >= 15 is 0 Å². The van der Waals surface area contributed by atoms with Crippen LogP contribution < -0.4 is 10.1 Å². The molecule has 18 heavy (non-hydrogen) atoms. The number of rotatable bonds is 5. The highest BCUT2D eigenvalue weighted by Gasteiger charge is 2.06. The van der Waals surface area contributed by atoms with E-state index in [-0.39, 0.29) is 5.91 Å². The first-order chi connectivity index (χ1) is 8.72. The molecule has 0 saturated carbocycles. The fourth-order valence-electron chi connectivity index (χ4n) is 1.58. The van der Waals surface area contributed by atoms with Crippen LogP contribution in [0.4, 0.5) is 5.95 Å². The Hall–Kier alpha value is -2.04. The van der Waals surface area contributed by atoms with E-state index in [2.05, 4.69) is 22.2 Å². The Kier molecular flexibility index (Phi) is 3.82. The van der Waals surface area contributed by atoms with Crippen molar-refractivity contribution in [3.05, 3.63) is 18.2 Å². The van der Waals surface area contributed by atoms with E-state index in [1.807, 2.05) is 18.2 Å². The molecule has 1 aromatic carbocycles. The van der Waals surface area contributed by atoms with Gasteiger partial charge in [-0.1, -0.05) is 13.8 Å². The second-order valence-corrected chi connectivity index (χ2v) is 4.01. The highest BCUT2D eigenvalue weighted by molar-refractivity contribution is 5.91. The van der Waals surface area contributed by atoms with Gasteiger partial charge < -0.3 is 9.72 Å². The van der Waals surface area contributed by atoms with Crippen molar-refractivity contribution < 1.29 is 9.53 Å². The van der Waals surface area contributed by atoms with E-state index in [0.29, 0.717) is 19.0 Å². The summed E-state index contributed by atoms with van der Waals surface area (Å²) in [6.07, 6.45) is 1.40. The van der Waals surface area contributed by atoms with Gasteiger partial charge in [0.2, 0.25) is 11.9 Å². The number of hydrogen-bond donors (Lipinski definition) is 2. The van der Waals surface area contributed by atoms with Crippen molar-refractivity contribution in [1.29, 1.82) is 0 Å². The van der Waals surface area contributed by atoms with Crippen LogP contribution in [0, 0.1) is 0 Å². The third-order valence-corrected chi connectivity index (χ3v) is 2.51. The van der Waals surface area contributed by atoms with Gasteiger partial charge in [0.15, 0.2) is 0 Å². The van der Waals surface area contributed by atoms with Crippen molar-refractivity contribution in [3.63, 3.8) is 0 Å². The van der Waals surface area contributed by atoms with Gasteiger partial charge in [-0.05, 0) is 18.6 Å². The molecule has 5 heteroatoms. The van der Waals surface area contributed by atoms with Crippen molar-refractivity contribution in [2.75, 3.05) is 11.9 Å². The summed E-state index contributed by atoms with van der Waals surface area (Å²) in [7, 11) is 0. The van der Waals surface area contributed by atoms with Crippen molar-refractivity contribution in [2.24, 2.45) is 0 Å². The maximum absolute atomic E-state index is 11.3. The van der Waals surface area contributed by atoms with Gasteiger partial charge in [-0.2, -0.15) is 0 Å². The molecule has 0 aliphatic heterocycles. The lowest BCUT2D eigenvalue weighted by molar-refractivity contribution is -0.115. The molecule has 0 aliphatic rings. The van der Waals surface area contributed by atoms with Crippen LogP contribution in [0.3, 0.4) is 0 Å². The van der Waals surface area contributed by atoms with Gasteiger partial charge in [0.25, 0.3) is 0 Å². The number of ether oxygens (including phenoxy) is 1. The normalized spacial score (nSPS) is 10.6. The molecule has 0 unspecified atom stereocenters. The number of H-pyrrole nitrogens is 1. The van der Waals surface area contributed by atoms with E-state index in [9.17, 15) is 4.79 Å². The molecule has 0 atom stereocenters. The number of nitrogens with one attached hydrogen (secondary N) is 2. The van der Waals surface area contributed by atoms with Crippen molar-refractivity contribution in [1.82, 2.24) is 9.97 Å². The molecule has 0 saturated heterocycles. The maximum atomic E-state index is 11.3. The summed E-state index contributed by atoms with van der Waals surface area (Å²) >= 11 is 0. The number of carbonyl (C=O) groups is 1. The van der Waals surface area contributed by atoms with Crippen LogP contribution >= 0.6 is 0 Å². The average molecular weight is 247 g/mol. The first kappa shape index (κ1) is 12.4. The van der Waals surface area contributed by atoms with Gasteiger partial charge in [-0.15, -0.1) is 0 Å². The molecule has 0 bridgehead atoms. The number of aromatic amines is 1. The van der Waals surface area contributed by atoms with Crippen LogP contribution in [0.15, 0.2) is 18.2 Å². The highest BCUT2D eigenvalue weighted by Crippen LogP contribution is 2.20. The van der Waals surface area contributed by atoms with Crippen LogP contribution in [-0.4, -0.2) is 22.5 Å². The lowest BCUT2D eigenvalue weighted by Gasteiger charge is -2.02. The number of aromatic nitrogens is 2. The first-order valence-electron chi connectivity index (χ1n) is 6.15. The monoisotopic (exact) mass is 247 g/mol. The Morgan fingerprint density at radius 2 is 2.28 bits per heavy atom. The number of amides is 1.